The third-order valence-electron chi connectivity index (χ3n) is 4.46. The van der Waals surface area contributed by atoms with Crippen LogP contribution in [0.2, 0.25) is 0 Å². The summed E-state index contributed by atoms with van der Waals surface area (Å²) in [5.74, 6) is -0.0218. The highest BCUT2D eigenvalue weighted by Crippen LogP contribution is 2.19. The Kier molecular flexibility index (Phi) is 5.41. The summed E-state index contributed by atoms with van der Waals surface area (Å²) in [4.78, 5) is 28.6. The molecule has 1 N–H and O–H groups in total. The summed E-state index contributed by atoms with van der Waals surface area (Å²) < 4.78 is 1.51. The minimum absolute atomic E-state index is 0.0218. The van der Waals surface area contributed by atoms with E-state index in [4.69, 9.17) is 0 Å². The number of para-hydroxylation sites is 1. The van der Waals surface area contributed by atoms with Gasteiger partial charge < -0.3 is 5.32 Å². The molecule has 0 saturated heterocycles. The van der Waals surface area contributed by atoms with Crippen molar-refractivity contribution < 1.29 is 4.79 Å². The first-order valence-corrected chi connectivity index (χ1v) is 8.63. The molecule has 24 heavy (non-hydrogen) atoms. The Morgan fingerprint density at radius 1 is 1.25 bits per heavy atom. The van der Waals surface area contributed by atoms with Gasteiger partial charge in [0.2, 0.25) is 5.91 Å². The molecule has 126 valence electrons. The van der Waals surface area contributed by atoms with E-state index in [-0.39, 0.29) is 11.5 Å². The summed E-state index contributed by atoms with van der Waals surface area (Å²) in [6, 6.07) is 7.25. The van der Waals surface area contributed by atoms with E-state index in [9.17, 15) is 9.59 Å². The van der Waals surface area contributed by atoms with Crippen LogP contribution in [0, 0.1) is 0 Å². The molecule has 5 nitrogen and oxygen atoms in total. The van der Waals surface area contributed by atoms with E-state index in [2.05, 4.69) is 16.4 Å². The molecule has 1 aromatic heterocycles. The summed E-state index contributed by atoms with van der Waals surface area (Å²) in [6.07, 6.45) is 9.92. The predicted molar refractivity (Wildman–Crippen MR) is 94.8 cm³/mol. The van der Waals surface area contributed by atoms with Gasteiger partial charge in [0.1, 0.15) is 0 Å². The highest BCUT2D eigenvalue weighted by Gasteiger charge is 2.07. The van der Waals surface area contributed by atoms with Crippen LogP contribution in [0.1, 0.15) is 38.5 Å². The number of hydrogen-bond donors (Lipinski definition) is 1. The fourth-order valence-electron chi connectivity index (χ4n) is 3.07. The quantitative estimate of drug-likeness (QED) is 0.831. The number of nitrogens with zero attached hydrogens (tertiary/aromatic N) is 2. The minimum Gasteiger partial charge on any atom is -0.356 e. The number of benzene rings is 1. The molecule has 0 atom stereocenters. The third kappa shape index (κ3) is 4.10. The van der Waals surface area contributed by atoms with Gasteiger partial charge in [-0.25, -0.2) is 4.98 Å². The number of carbonyl (C=O) groups is 1. The van der Waals surface area contributed by atoms with Crippen molar-refractivity contribution in [2.75, 3.05) is 6.54 Å². The van der Waals surface area contributed by atoms with Gasteiger partial charge in [-0.15, -0.1) is 0 Å². The van der Waals surface area contributed by atoms with Gasteiger partial charge in [-0.3, -0.25) is 14.2 Å². The SMILES string of the molecule is O=C(CCn1cnc2ccccc2c1=O)NCCC1=CCCCC1. The van der Waals surface area contributed by atoms with Crippen molar-refractivity contribution in [3.05, 3.63) is 52.6 Å². The lowest BCUT2D eigenvalue weighted by Gasteiger charge is -2.13. The molecular formula is C19H23N3O2. The number of rotatable bonds is 6. The van der Waals surface area contributed by atoms with E-state index in [1.807, 2.05) is 18.2 Å². The van der Waals surface area contributed by atoms with Crippen LogP contribution < -0.4 is 10.9 Å². The molecule has 1 aromatic carbocycles. The minimum atomic E-state index is -0.0965. The fraction of sp³-hybridized carbons (Fsp3) is 0.421. The maximum absolute atomic E-state index is 12.3. The highest BCUT2D eigenvalue weighted by molar-refractivity contribution is 5.77. The van der Waals surface area contributed by atoms with Crippen molar-refractivity contribution in [2.45, 2.75) is 45.1 Å². The van der Waals surface area contributed by atoms with E-state index in [0.29, 0.717) is 30.4 Å². The van der Waals surface area contributed by atoms with Crippen LogP contribution >= 0.6 is 0 Å². The standard InChI is InChI=1S/C19H23N3O2/c23-18(20-12-10-15-6-2-1-3-7-15)11-13-22-14-21-17-9-5-4-8-16(17)19(22)24/h4-6,8-9,14H,1-3,7,10-13H2,(H,20,23). The van der Waals surface area contributed by atoms with Crippen molar-refractivity contribution >= 4 is 16.8 Å². The zero-order chi connectivity index (χ0) is 16.8. The molecular weight excluding hydrogens is 302 g/mol. The van der Waals surface area contributed by atoms with Crippen molar-refractivity contribution in [3.63, 3.8) is 0 Å². The van der Waals surface area contributed by atoms with Crippen LogP contribution in [0.4, 0.5) is 0 Å². The zero-order valence-corrected chi connectivity index (χ0v) is 13.8. The molecule has 0 fully saturated rings. The third-order valence-corrected chi connectivity index (χ3v) is 4.46. The second-order valence-corrected chi connectivity index (χ2v) is 6.22. The normalized spacial score (nSPS) is 14.4. The molecule has 3 rings (SSSR count). The Morgan fingerprint density at radius 3 is 2.96 bits per heavy atom. The first-order chi connectivity index (χ1) is 11.7. The molecule has 1 heterocycles. The number of fused-ring (bicyclic) bond motifs is 1. The molecule has 1 amide bonds. The smallest absolute Gasteiger partial charge is 0.261 e. The summed E-state index contributed by atoms with van der Waals surface area (Å²) in [6.45, 7) is 1.03. The van der Waals surface area contributed by atoms with Crippen LogP contribution in [0.25, 0.3) is 10.9 Å². The monoisotopic (exact) mass is 325 g/mol. The summed E-state index contributed by atoms with van der Waals surface area (Å²) in [5.41, 5.74) is 2.04. The molecule has 0 radical (unpaired) electrons. The fourth-order valence-corrected chi connectivity index (χ4v) is 3.07. The number of aromatic nitrogens is 2. The van der Waals surface area contributed by atoms with Crippen LogP contribution in [0.3, 0.4) is 0 Å². The van der Waals surface area contributed by atoms with Crippen LogP contribution in [0.5, 0.6) is 0 Å². The van der Waals surface area contributed by atoms with E-state index in [0.717, 1.165) is 12.8 Å². The number of allylic oxidation sites excluding steroid dienone is 1. The number of nitrogens with one attached hydrogen (secondary N) is 1. The van der Waals surface area contributed by atoms with Gasteiger partial charge in [-0.05, 0) is 44.2 Å². The number of hydrogen-bond acceptors (Lipinski definition) is 3. The Hall–Kier alpha value is -2.43. The Morgan fingerprint density at radius 2 is 2.12 bits per heavy atom. The van der Waals surface area contributed by atoms with Gasteiger partial charge in [0.25, 0.3) is 5.56 Å². The molecule has 1 aliphatic rings. The first kappa shape index (κ1) is 16.4. The number of amides is 1. The van der Waals surface area contributed by atoms with Crippen molar-refractivity contribution in [3.8, 4) is 0 Å². The second-order valence-electron chi connectivity index (χ2n) is 6.22. The number of carbonyl (C=O) groups excluding carboxylic acids is 1. The zero-order valence-electron chi connectivity index (χ0n) is 13.8. The van der Waals surface area contributed by atoms with E-state index >= 15 is 0 Å². The molecule has 0 unspecified atom stereocenters. The average molecular weight is 325 g/mol. The van der Waals surface area contributed by atoms with Crippen LogP contribution in [0.15, 0.2) is 47.0 Å². The van der Waals surface area contributed by atoms with Crippen LogP contribution in [-0.4, -0.2) is 22.0 Å². The lowest BCUT2D eigenvalue weighted by Crippen LogP contribution is -2.28. The van der Waals surface area contributed by atoms with E-state index < -0.39 is 0 Å². The lowest BCUT2D eigenvalue weighted by molar-refractivity contribution is -0.121. The van der Waals surface area contributed by atoms with Crippen molar-refractivity contribution in [2.24, 2.45) is 0 Å². The average Bonchev–Trinajstić information content (AvgIpc) is 2.62. The largest absolute Gasteiger partial charge is 0.356 e. The van der Waals surface area contributed by atoms with E-state index in [1.165, 1.54) is 35.7 Å². The topological polar surface area (TPSA) is 64.0 Å². The lowest BCUT2D eigenvalue weighted by atomic mass is 9.97. The Labute approximate surface area is 141 Å². The van der Waals surface area contributed by atoms with Gasteiger partial charge in [0, 0.05) is 19.5 Å². The first-order valence-electron chi connectivity index (χ1n) is 8.63. The summed E-state index contributed by atoms with van der Waals surface area (Å²) >= 11 is 0. The molecule has 2 aromatic rings. The second kappa shape index (κ2) is 7.90. The van der Waals surface area contributed by atoms with Crippen molar-refractivity contribution in [1.82, 2.24) is 14.9 Å². The molecule has 0 saturated carbocycles. The molecule has 1 aliphatic carbocycles. The van der Waals surface area contributed by atoms with Gasteiger partial charge >= 0.3 is 0 Å². The van der Waals surface area contributed by atoms with Gasteiger partial charge in [0.15, 0.2) is 0 Å². The van der Waals surface area contributed by atoms with Gasteiger partial charge in [0.05, 0.1) is 17.2 Å². The van der Waals surface area contributed by atoms with Crippen LogP contribution in [-0.2, 0) is 11.3 Å². The van der Waals surface area contributed by atoms with Gasteiger partial charge in [-0.1, -0.05) is 23.8 Å². The van der Waals surface area contributed by atoms with E-state index in [1.54, 1.807) is 6.07 Å². The predicted octanol–water partition coefficient (Wildman–Crippen LogP) is 2.79. The summed E-state index contributed by atoms with van der Waals surface area (Å²) in [5, 5.41) is 3.53. The van der Waals surface area contributed by atoms with Crippen molar-refractivity contribution in [1.29, 1.82) is 0 Å². The molecule has 5 heteroatoms. The molecule has 0 spiro atoms. The highest BCUT2D eigenvalue weighted by atomic mass is 16.1. The Balaban J connectivity index is 1.50. The summed E-state index contributed by atoms with van der Waals surface area (Å²) in [7, 11) is 0. The van der Waals surface area contributed by atoms with Gasteiger partial charge in [-0.2, -0.15) is 0 Å². The molecule has 0 bridgehead atoms. The maximum Gasteiger partial charge on any atom is 0.261 e. The Bertz CT molecular complexity index is 808. The maximum atomic E-state index is 12.3. The molecule has 0 aliphatic heterocycles. The number of aryl methyl sites for hydroxylation is 1.